The summed E-state index contributed by atoms with van der Waals surface area (Å²) in [5.41, 5.74) is 0.339. The van der Waals surface area contributed by atoms with Gasteiger partial charge in [-0.1, -0.05) is 59.6 Å². The van der Waals surface area contributed by atoms with E-state index in [9.17, 15) is 26.4 Å². The number of anilines is 1. The maximum absolute atomic E-state index is 13.4. The minimum Gasteiger partial charge on any atom is -0.340 e. The zero-order chi connectivity index (χ0) is 25.1. The van der Waals surface area contributed by atoms with E-state index in [0.29, 0.717) is 10.4 Å². The molecule has 3 aromatic rings. The highest BCUT2D eigenvalue weighted by Crippen LogP contribution is 2.37. The summed E-state index contributed by atoms with van der Waals surface area (Å²) in [4.78, 5) is 14.1. The Morgan fingerprint density at radius 3 is 2.18 bits per heavy atom. The lowest BCUT2D eigenvalue weighted by Gasteiger charge is -2.28. The van der Waals surface area contributed by atoms with E-state index in [4.69, 9.17) is 11.6 Å². The first-order valence-electron chi connectivity index (χ1n) is 10.1. The van der Waals surface area contributed by atoms with Gasteiger partial charge in [-0.3, -0.25) is 9.10 Å². The van der Waals surface area contributed by atoms with Gasteiger partial charge in [-0.2, -0.15) is 13.2 Å². The maximum Gasteiger partial charge on any atom is 0.416 e. The summed E-state index contributed by atoms with van der Waals surface area (Å²) in [6.07, 6.45) is -4.73. The highest BCUT2D eigenvalue weighted by atomic mass is 35.5. The number of halogens is 4. The van der Waals surface area contributed by atoms with E-state index in [1.54, 1.807) is 6.07 Å². The molecule has 34 heavy (non-hydrogen) atoms. The molecule has 10 heteroatoms. The summed E-state index contributed by atoms with van der Waals surface area (Å²) in [5, 5.41) is -0.235. The van der Waals surface area contributed by atoms with Gasteiger partial charge in [0.05, 0.1) is 21.2 Å². The third kappa shape index (κ3) is 5.90. The van der Waals surface area contributed by atoms with Crippen LogP contribution in [0.25, 0.3) is 0 Å². The second-order valence-corrected chi connectivity index (χ2v) is 9.99. The SMILES string of the molecule is Cc1ccc(CN(C)C(=O)CN(c2cc(C(F)(F)F)ccc2Cl)S(=O)(=O)c2ccccc2)cc1. The molecule has 0 saturated heterocycles. The standard InChI is InChI=1S/C24H22ClF3N2O3S/c1-17-8-10-18(11-9-17)15-29(2)23(31)16-30(34(32,33)20-6-4-3-5-7-20)22-14-19(24(26,27)28)12-13-21(22)25/h3-14H,15-16H2,1-2H3. The van der Waals surface area contributed by atoms with Gasteiger partial charge in [0.1, 0.15) is 6.54 Å². The number of carbonyl (C=O) groups is 1. The van der Waals surface area contributed by atoms with Gasteiger partial charge in [0.25, 0.3) is 10.0 Å². The molecule has 0 unspecified atom stereocenters. The number of carbonyl (C=O) groups excluding carboxylic acids is 1. The monoisotopic (exact) mass is 510 g/mol. The van der Waals surface area contributed by atoms with E-state index in [1.165, 1.54) is 36.2 Å². The highest BCUT2D eigenvalue weighted by molar-refractivity contribution is 7.92. The third-order valence-corrected chi connectivity index (χ3v) is 7.21. The number of benzene rings is 3. The normalized spacial score (nSPS) is 11.8. The van der Waals surface area contributed by atoms with Crippen molar-refractivity contribution in [2.45, 2.75) is 24.5 Å². The first-order valence-corrected chi connectivity index (χ1v) is 12.0. The Bertz CT molecular complexity index is 1260. The summed E-state index contributed by atoms with van der Waals surface area (Å²) in [6, 6.07) is 16.9. The molecule has 0 aromatic heterocycles. The van der Waals surface area contributed by atoms with Gasteiger partial charge < -0.3 is 4.90 Å². The number of rotatable bonds is 7. The van der Waals surface area contributed by atoms with Gasteiger partial charge in [0, 0.05) is 13.6 Å². The smallest absolute Gasteiger partial charge is 0.340 e. The van der Waals surface area contributed by atoms with Gasteiger partial charge in [-0.15, -0.1) is 0 Å². The number of alkyl halides is 3. The molecule has 0 aliphatic carbocycles. The Balaban J connectivity index is 2.01. The molecule has 0 fully saturated rings. The molecule has 0 atom stereocenters. The van der Waals surface area contributed by atoms with Crippen LogP contribution >= 0.6 is 11.6 Å². The van der Waals surface area contributed by atoms with E-state index in [0.717, 1.165) is 23.3 Å². The van der Waals surface area contributed by atoms with Crippen molar-refractivity contribution in [2.24, 2.45) is 0 Å². The number of sulfonamides is 1. The molecule has 5 nitrogen and oxygen atoms in total. The number of amides is 1. The maximum atomic E-state index is 13.4. The molecule has 0 bridgehead atoms. The zero-order valence-corrected chi connectivity index (χ0v) is 20.0. The van der Waals surface area contributed by atoms with Crippen molar-refractivity contribution in [2.75, 3.05) is 17.9 Å². The third-order valence-electron chi connectivity index (χ3n) is 5.12. The van der Waals surface area contributed by atoms with Crippen LogP contribution in [0.5, 0.6) is 0 Å². The van der Waals surface area contributed by atoms with Crippen molar-refractivity contribution >= 4 is 33.2 Å². The van der Waals surface area contributed by atoms with Crippen LogP contribution in [0.2, 0.25) is 5.02 Å². The summed E-state index contributed by atoms with van der Waals surface area (Å²) in [5.74, 6) is -0.617. The van der Waals surface area contributed by atoms with Gasteiger partial charge in [-0.05, 0) is 42.8 Å². The van der Waals surface area contributed by atoms with Crippen LogP contribution in [0.3, 0.4) is 0 Å². The van der Waals surface area contributed by atoms with Crippen molar-refractivity contribution in [1.29, 1.82) is 0 Å². The minimum absolute atomic E-state index is 0.183. The number of nitrogens with zero attached hydrogens (tertiary/aromatic N) is 2. The van der Waals surface area contributed by atoms with E-state index < -0.39 is 39.9 Å². The molecule has 0 heterocycles. The fourth-order valence-electron chi connectivity index (χ4n) is 3.20. The average Bonchev–Trinajstić information content (AvgIpc) is 2.79. The average molecular weight is 511 g/mol. The molecular weight excluding hydrogens is 489 g/mol. The predicted molar refractivity (Wildman–Crippen MR) is 125 cm³/mol. The van der Waals surface area contributed by atoms with Crippen molar-refractivity contribution in [1.82, 2.24) is 4.90 Å². The molecule has 3 rings (SSSR count). The first kappa shape index (κ1) is 25.6. The molecule has 0 radical (unpaired) electrons. The summed E-state index contributed by atoms with van der Waals surface area (Å²) < 4.78 is 67.5. The summed E-state index contributed by atoms with van der Waals surface area (Å²) >= 11 is 6.14. The molecule has 0 aliphatic heterocycles. The Labute approximate surface area is 201 Å². The second kappa shape index (κ2) is 10.1. The molecular formula is C24H22ClF3N2O3S. The quantitative estimate of drug-likeness (QED) is 0.420. The molecule has 1 amide bonds. The molecule has 0 N–H and O–H groups in total. The zero-order valence-electron chi connectivity index (χ0n) is 18.4. The van der Waals surface area contributed by atoms with Crippen LogP contribution < -0.4 is 4.31 Å². The lowest BCUT2D eigenvalue weighted by Crippen LogP contribution is -2.41. The van der Waals surface area contributed by atoms with E-state index in [2.05, 4.69) is 0 Å². The van der Waals surface area contributed by atoms with Crippen LogP contribution in [0.15, 0.2) is 77.7 Å². The Kier molecular flexibility index (Phi) is 7.57. The fraction of sp³-hybridized carbons (Fsp3) is 0.208. The Morgan fingerprint density at radius 2 is 1.59 bits per heavy atom. The fourth-order valence-corrected chi connectivity index (χ4v) is 4.91. The highest BCUT2D eigenvalue weighted by Gasteiger charge is 2.34. The molecule has 3 aromatic carbocycles. The summed E-state index contributed by atoms with van der Waals surface area (Å²) in [7, 11) is -2.92. The van der Waals surface area contributed by atoms with Crippen LogP contribution in [-0.2, 0) is 27.5 Å². The number of hydrogen-bond acceptors (Lipinski definition) is 3. The van der Waals surface area contributed by atoms with E-state index >= 15 is 0 Å². The number of hydrogen-bond donors (Lipinski definition) is 0. The van der Waals surface area contributed by atoms with Crippen molar-refractivity contribution in [3.8, 4) is 0 Å². The minimum atomic E-state index is -4.73. The van der Waals surface area contributed by atoms with E-state index in [-0.39, 0.29) is 16.5 Å². The molecule has 0 aliphatic rings. The number of likely N-dealkylation sites (N-methyl/N-ethyl adjacent to an activating group) is 1. The van der Waals surface area contributed by atoms with Gasteiger partial charge in [0.2, 0.25) is 5.91 Å². The summed E-state index contributed by atoms with van der Waals surface area (Å²) in [6.45, 7) is 1.37. The second-order valence-electron chi connectivity index (χ2n) is 7.72. The largest absolute Gasteiger partial charge is 0.416 e. The van der Waals surface area contributed by atoms with Crippen LogP contribution in [0, 0.1) is 6.92 Å². The molecule has 180 valence electrons. The lowest BCUT2D eigenvalue weighted by molar-refractivity contribution is -0.137. The van der Waals surface area contributed by atoms with Crippen LogP contribution in [0.4, 0.5) is 18.9 Å². The van der Waals surface area contributed by atoms with Crippen molar-refractivity contribution in [3.05, 3.63) is 94.5 Å². The van der Waals surface area contributed by atoms with E-state index in [1.807, 2.05) is 31.2 Å². The first-order chi connectivity index (χ1) is 15.9. The van der Waals surface area contributed by atoms with Crippen molar-refractivity contribution < 1.29 is 26.4 Å². The lowest BCUT2D eigenvalue weighted by atomic mass is 10.1. The topological polar surface area (TPSA) is 57.7 Å². The van der Waals surface area contributed by atoms with Crippen LogP contribution in [-0.4, -0.2) is 32.8 Å². The van der Waals surface area contributed by atoms with Crippen LogP contribution in [0.1, 0.15) is 16.7 Å². The predicted octanol–water partition coefficient (Wildman–Crippen LogP) is 5.52. The molecule has 0 spiro atoms. The Hall–Kier alpha value is -3.04. The van der Waals surface area contributed by atoms with Gasteiger partial charge in [-0.25, -0.2) is 8.42 Å². The number of aryl methyl sites for hydroxylation is 1. The Morgan fingerprint density at radius 1 is 0.971 bits per heavy atom. The van der Waals surface area contributed by atoms with Gasteiger partial charge in [0.15, 0.2) is 0 Å². The van der Waals surface area contributed by atoms with Crippen molar-refractivity contribution in [3.63, 3.8) is 0 Å². The van der Waals surface area contributed by atoms with Gasteiger partial charge >= 0.3 is 6.18 Å². The molecule has 0 saturated carbocycles.